The number of hydrogen-bond donors (Lipinski definition) is 0. The van der Waals surface area contributed by atoms with E-state index in [4.69, 9.17) is 0 Å². The summed E-state index contributed by atoms with van der Waals surface area (Å²) >= 11 is 24.2. The van der Waals surface area contributed by atoms with Gasteiger partial charge in [0, 0.05) is 93.8 Å². The van der Waals surface area contributed by atoms with Crippen LogP contribution in [-0.4, -0.2) is 0 Å². The van der Waals surface area contributed by atoms with E-state index in [1.165, 1.54) is 17.8 Å². The van der Waals surface area contributed by atoms with Gasteiger partial charge in [0.15, 0.2) is 0 Å². The van der Waals surface area contributed by atoms with E-state index in [0.29, 0.717) is 0 Å². The maximum absolute atomic E-state index is 4.33. The van der Waals surface area contributed by atoms with Crippen LogP contribution in [0.5, 0.6) is 0 Å². The van der Waals surface area contributed by atoms with Gasteiger partial charge >= 0.3 is 0 Å². The van der Waals surface area contributed by atoms with Crippen molar-refractivity contribution in [2.75, 3.05) is 0 Å². The van der Waals surface area contributed by atoms with Gasteiger partial charge in [0.1, 0.15) is 0 Å². The summed E-state index contributed by atoms with van der Waals surface area (Å²) in [6.45, 7) is 0. The SMILES string of the molecule is S.S.S=S.S=S=S.S=S=S=S. The predicted molar refractivity (Wildman–Crippen MR) is 87.0 cm³/mol. The van der Waals surface area contributed by atoms with Crippen molar-refractivity contribution >= 4 is 121 Å². The van der Waals surface area contributed by atoms with E-state index in [1.807, 2.05) is 0 Å². The minimum Gasteiger partial charge on any atom is -0.197 e. The Bertz CT molecular complexity index is 114. The highest BCUT2D eigenvalue weighted by molar-refractivity contribution is 8.51. The van der Waals surface area contributed by atoms with Crippen LogP contribution >= 0.6 is 27.0 Å². The van der Waals surface area contributed by atoms with Gasteiger partial charge in [0.2, 0.25) is 0 Å². The van der Waals surface area contributed by atoms with E-state index in [0.717, 1.165) is 8.88 Å². The lowest BCUT2D eigenvalue weighted by atomic mass is 30.9. The molecule has 0 saturated heterocycles. The van der Waals surface area contributed by atoms with Crippen molar-refractivity contribution in [1.29, 1.82) is 0 Å². The van der Waals surface area contributed by atoms with E-state index in [2.05, 4.69) is 67.1 Å². The Kier molecular flexibility index (Phi) is 142. The van der Waals surface area contributed by atoms with Gasteiger partial charge in [-0.3, -0.25) is 0 Å². The first-order chi connectivity index (χ1) is 4.33. The summed E-state index contributed by atoms with van der Waals surface area (Å²) in [6, 6.07) is 0. The smallest absolute Gasteiger partial charge is 0 e. The molecule has 0 unspecified atom stereocenters. The molecule has 0 aliphatic rings. The fourth-order valence-electron chi connectivity index (χ4n) is 0. The van der Waals surface area contributed by atoms with Crippen molar-refractivity contribution < 1.29 is 0 Å². The Balaban J connectivity index is -0.0000000158. The molecule has 0 rings (SSSR count). The fraction of sp³-hybridized carbons (Fsp3) is 0. The van der Waals surface area contributed by atoms with Gasteiger partial charge in [-0.1, -0.05) is 0 Å². The molecule has 0 fully saturated rings. The maximum Gasteiger partial charge on any atom is 0 e. The largest absolute Gasteiger partial charge is 0.197 e. The summed E-state index contributed by atoms with van der Waals surface area (Å²) in [6.07, 6.45) is 0. The molecule has 0 aromatic rings. The number of rotatable bonds is 0. The quantitative estimate of drug-likeness (QED) is 0.604. The van der Waals surface area contributed by atoms with Crippen LogP contribution in [0.15, 0.2) is 0 Å². The molecule has 0 aliphatic heterocycles. The van der Waals surface area contributed by atoms with Crippen LogP contribution in [0.3, 0.4) is 0 Å². The van der Waals surface area contributed by atoms with Gasteiger partial charge in [-0.05, 0) is 0 Å². The van der Waals surface area contributed by atoms with E-state index >= 15 is 0 Å². The van der Waals surface area contributed by atoms with Gasteiger partial charge in [-0.2, -0.15) is 27.0 Å². The minimum absolute atomic E-state index is 0. The summed E-state index contributed by atoms with van der Waals surface area (Å²) in [7, 11) is 3.26. The molecule has 0 nitrogen and oxygen atoms in total. The molecule has 0 radical (unpaired) electrons. The van der Waals surface area contributed by atoms with E-state index < -0.39 is 0 Å². The lowest BCUT2D eigenvalue weighted by Crippen LogP contribution is -1.15. The first kappa shape index (κ1) is 29.2. The molecular formula is H4S11. The van der Waals surface area contributed by atoms with Crippen LogP contribution < -0.4 is 0 Å². The van der Waals surface area contributed by atoms with Crippen LogP contribution in [0.2, 0.25) is 0 Å². The van der Waals surface area contributed by atoms with Gasteiger partial charge in [0.05, 0.1) is 0 Å². The average Bonchev–Trinajstić information content (AvgIpc) is 1.94. The third kappa shape index (κ3) is 107. The zero-order chi connectivity index (χ0) is 8.12. The molecule has 0 saturated carbocycles. The molecule has 0 aliphatic carbocycles. The standard InChI is InChI=1S/S4.S3.S2.2H2S/c1-3-4-2;1-3-2;1-2;;/h;;;2*1H2. The van der Waals surface area contributed by atoms with Crippen LogP contribution in [0, 0.1) is 0 Å². The molecule has 0 aromatic carbocycles. The lowest BCUT2D eigenvalue weighted by Gasteiger charge is -1.14. The zero-order valence-electron chi connectivity index (χ0n) is 4.67. The molecule has 0 spiro atoms. The topological polar surface area (TPSA) is 0 Å². The molecule has 70 valence electrons. The second-order valence-corrected chi connectivity index (χ2v) is 5.51. The number of hydrogen-bond acceptors (Lipinski definition) is 6. The molecule has 0 aromatic heterocycles. The normalized spacial score (nSPS) is 3.27. The maximum atomic E-state index is 4.33. The molecule has 0 amide bonds. The van der Waals surface area contributed by atoms with Crippen LogP contribution in [-0.2, 0) is 93.8 Å². The van der Waals surface area contributed by atoms with Crippen molar-refractivity contribution in [3.05, 3.63) is 0 Å². The first-order valence-corrected chi connectivity index (χ1v) is 9.00. The van der Waals surface area contributed by atoms with E-state index in [9.17, 15) is 0 Å². The molecule has 0 atom stereocenters. The first-order valence-electron chi connectivity index (χ1n) is 1.00. The zero-order valence-corrected chi connectivity index (χ0v) is 14.0. The summed E-state index contributed by atoms with van der Waals surface area (Å²) < 4.78 is 0. The lowest BCUT2D eigenvalue weighted by molar-refractivity contribution is 6.22. The van der Waals surface area contributed by atoms with Crippen molar-refractivity contribution in [2.24, 2.45) is 0 Å². The summed E-state index contributed by atoms with van der Waals surface area (Å²) in [5, 5.41) is 0. The monoisotopic (exact) mass is 356 g/mol. The van der Waals surface area contributed by atoms with Crippen LogP contribution in [0.4, 0.5) is 0 Å². The predicted octanol–water partition coefficient (Wildman–Crippen LogP) is 0.204. The second kappa shape index (κ2) is 53.6. The highest BCUT2D eigenvalue weighted by Crippen LogP contribution is 1.14. The van der Waals surface area contributed by atoms with E-state index in [-0.39, 0.29) is 27.0 Å². The van der Waals surface area contributed by atoms with Crippen LogP contribution in [0.1, 0.15) is 0 Å². The highest BCUT2D eigenvalue weighted by Gasteiger charge is 1.15. The summed E-state index contributed by atoms with van der Waals surface area (Å²) in [4.78, 5) is 0. The molecule has 0 N–H and O–H groups in total. The summed E-state index contributed by atoms with van der Waals surface area (Å²) in [5.74, 6) is 0. The second-order valence-electron chi connectivity index (χ2n) is 0.204. The van der Waals surface area contributed by atoms with Crippen molar-refractivity contribution in [1.82, 2.24) is 0 Å². The summed E-state index contributed by atoms with van der Waals surface area (Å²) in [5.41, 5.74) is 0. The Morgan fingerprint density at radius 2 is 0.727 bits per heavy atom. The van der Waals surface area contributed by atoms with Gasteiger partial charge in [0.25, 0.3) is 0 Å². The van der Waals surface area contributed by atoms with Crippen LogP contribution in [0.25, 0.3) is 0 Å². The van der Waals surface area contributed by atoms with Gasteiger partial charge in [-0.15, -0.1) is 0 Å². The van der Waals surface area contributed by atoms with Gasteiger partial charge in [-0.25, -0.2) is 0 Å². The van der Waals surface area contributed by atoms with Crippen molar-refractivity contribution in [3.63, 3.8) is 0 Å². The molecule has 0 bridgehead atoms. The molecule has 11 heteroatoms. The fourth-order valence-corrected chi connectivity index (χ4v) is 0. The minimum atomic E-state index is 0. The third-order valence-corrected chi connectivity index (χ3v) is 2.25. The Morgan fingerprint density at radius 3 is 0.727 bits per heavy atom. The molecule has 11 heavy (non-hydrogen) atoms. The Morgan fingerprint density at radius 1 is 0.636 bits per heavy atom. The Hall–Kier alpha value is 2.68. The highest BCUT2D eigenvalue weighted by atomic mass is 33.2. The van der Waals surface area contributed by atoms with Crippen molar-refractivity contribution in [3.8, 4) is 0 Å². The Labute approximate surface area is 119 Å². The molecular weight excluding hydrogens is 353 g/mol. The van der Waals surface area contributed by atoms with Gasteiger partial charge < -0.3 is 0 Å². The molecule has 0 heterocycles. The third-order valence-electron chi connectivity index (χ3n) is 0.0278. The van der Waals surface area contributed by atoms with E-state index in [1.54, 1.807) is 0 Å². The van der Waals surface area contributed by atoms with Crippen molar-refractivity contribution in [2.45, 2.75) is 0 Å². The average molecular weight is 357 g/mol.